The summed E-state index contributed by atoms with van der Waals surface area (Å²) in [5.74, 6) is -0.867. The zero-order valence-corrected chi connectivity index (χ0v) is 8.93. The van der Waals surface area contributed by atoms with E-state index in [4.69, 9.17) is 5.73 Å². The molecule has 0 fully saturated rings. The lowest BCUT2D eigenvalue weighted by Crippen LogP contribution is -2.18. The van der Waals surface area contributed by atoms with Crippen molar-refractivity contribution >= 4 is 24.1 Å². The normalized spacial score (nSPS) is 10.8. The molecule has 1 heterocycles. The molecular weight excluding hydrogens is 251 g/mol. The Morgan fingerprint density at radius 1 is 1.62 bits per heavy atom. The number of anilines is 1. The highest BCUT2D eigenvalue weighted by Gasteiger charge is 2.29. The van der Waals surface area contributed by atoms with E-state index in [1.165, 1.54) is 0 Å². The summed E-state index contributed by atoms with van der Waals surface area (Å²) < 4.78 is 40.7. The van der Waals surface area contributed by atoms with Gasteiger partial charge in [0.1, 0.15) is 6.54 Å². The summed E-state index contributed by atoms with van der Waals surface area (Å²) in [6, 6.07) is 0. The van der Waals surface area contributed by atoms with Gasteiger partial charge in [0.2, 0.25) is 0 Å². The van der Waals surface area contributed by atoms with Gasteiger partial charge in [0, 0.05) is 6.20 Å². The number of alkyl halides is 3. The SMILES string of the molecule is COC(=O)c1nn(CC(F)(F)F)cc1N.Cl. The highest BCUT2D eigenvalue weighted by molar-refractivity contribution is 5.92. The molecule has 1 rings (SSSR count). The molecule has 0 saturated heterocycles. The van der Waals surface area contributed by atoms with Crippen LogP contribution in [0.3, 0.4) is 0 Å². The minimum Gasteiger partial charge on any atom is -0.464 e. The van der Waals surface area contributed by atoms with Crippen LogP contribution in [-0.4, -0.2) is 29.0 Å². The third-order valence-electron chi connectivity index (χ3n) is 1.51. The van der Waals surface area contributed by atoms with Crippen LogP contribution in [-0.2, 0) is 11.3 Å². The van der Waals surface area contributed by atoms with Gasteiger partial charge in [-0.3, -0.25) is 4.68 Å². The molecule has 0 aromatic carbocycles. The second-order valence-electron chi connectivity index (χ2n) is 2.74. The van der Waals surface area contributed by atoms with E-state index in [1.807, 2.05) is 0 Å². The largest absolute Gasteiger partial charge is 0.464 e. The average molecular weight is 260 g/mol. The van der Waals surface area contributed by atoms with Gasteiger partial charge in [-0.2, -0.15) is 18.3 Å². The molecule has 0 radical (unpaired) electrons. The molecule has 0 amide bonds. The number of nitrogen functional groups attached to an aromatic ring is 1. The van der Waals surface area contributed by atoms with Crippen LogP contribution in [0.5, 0.6) is 0 Å². The third kappa shape index (κ3) is 3.61. The number of rotatable bonds is 2. The Morgan fingerprint density at radius 3 is 2.62 bits per heavy atom. The van der Waals surface area contributed by atoms with Crippen molar-refractivity contribution < 1.29 is 22.7 Å². The van der Waals surface area contributed by atoms with Gasteiger partial charge in [-0.15, -0.1) is 12.4 Å². The van der Waals surface area contributed by atoms with Crippen molar-refractivity contribution in [2.45, 2.75) is 12.7 Å². The number of ether oxygens (including phenoxy) is 1. The molecule has 1 aromatic rings. The quantitative estimate of drug-likeness (QED) is 0.811. The van der Waals surface area contributed by atoms with Gasteiger partial charge in [-0.05, 0) is 0 Å². The van der Waals surface area contributed by atoms with E-state index in [1.54, 1.807) is 0 Å². The molecule has 0 aliphatic carbocycles. The second kappa shape index (κ2) is 5.06. The number of hydrogen-bond donors (Lipinski definition) is 1. The van der Waals surface area contributed by atoms with Crippen LogP contribution in [0.1, 0.15) is 10.5 Å². The van der Waals surface area contributed by atoms with E-state index in [0.717, 1.165) is 13.3 Å². The van der Waals surface area contributed by atoms with E-state index in [2.05, 4.69) is 9.84 Å². The van der Waals surface area contributed by atoms with Crippen molar-refractivity contribution in [2.75, 3.05) is 12.8 Å². The molecular formula is C7H9ClF3N3O2. The first kappa shape index (κ1) is 14.6. The van der Waals surface area contributed by atoms with E-state index < -0.39 is 18.7 Å². The van der Waals surface area contributed by atoms with Gasteiger partial charge >= 0.3 is 12.1 Å². The fourth-order valence-corrected chi connectivity index (χ4v) is 0.957. The van der Waals surface area contributed by atoms with Gasteiger partial charge < -0.3 is 10.5 Å². The molecule has 0 saturated carbocycles. The highest BCUT2D eigenvalue weighted by atomic mass is 35.5. The summed E-state index contributed by atoms with van der Waals surface area (Å²) in [6.45, 7) is -1.30. The lowest BCUT2D eigenvalue weighted by molar-refractivity contribution is -0.142. The number of nitrogens with zero attached hydrogens (tertiary/aromatic N) is 2. The standard InChI is InChI=1S/C7H8F3N3O2.ClH/c1-15-6(14)5-4(11)2-13(12-5)3-7(8,9)10;/h2H,3,11H2,1H3;1H. The summed E-state index contributed by atoms with van der Waals surface area (Å²) in [4.78, 5) is 11.0. The highest BCUT2D eigenvalue weighted by Crippen LogP contribution is 2.19. The van der Waals surface area contributed by atoms with Crippen molar-refractivity contribution in [2.24, 2.45) is 0 Å². The lowest BCUT2D eigenvalue weighted by Gasteiger charge is -2.04. The third-order valence-corrected chi connectivity index (χ3v) is 1.51. The maximum Gasteiger partial charge on any atom is 0.408 e. The maximum absolute atomic E-state index is 11.9. The first-order valence-corrected chi connectivity index (χ1v) is 3.81. The van der Waals surface area contributed by atoms with Crippen LogP contribution in [0.2, 0.25) is 0 Å². The number of methoxy groups -OCH3 is 1. The predicted octanol–water partition coefficient (Wildman–Crippen LogP) is 1.24. The number of carbonyl (C=O) groups excluding carboxylic acids is 1. The lowest BCUT2D eigenvalue weighted by atomic mass is 10.4. The van der Waals surface area contributed by atoms with Gasteiger partial charge in [-0.25, -0.2) is 4.79 Å². The topological polar surface area (TPSA) is 70.1 Å². The number of hydrogen-bond acceptors (Lipinski definition) is 4. The summed E-state index contributed by atoms with van der Waals surface area (Å²) in [7, 11) is 1.09. The number of aromatic nitrogens is 2. The molecule has 9 heteroatoms. The van der Waals surface area contributed by atoms with Crippen molar-refractivity contribution in [3.05, 3.63) is 11.9 Å². The molecule has 1 aromatic heterocycles. The summed E-state index contributed by atoms with van der Waals surface area (Å²) >= 11 is 0. The minimum atomic E-state index is -4.41. The zero-order chi connectivity index (χ0) is 11.6. The Morgan fingerprint density at radius 2 is 2.19 bits per heavy atom. The molecule has 0 bridgehead atoms. The van der Waals surface area contributed by atoms with E-state index in [0.29, 0.717) is 4.68 Å². The smallest absolute Gasteiger partial charge is 0.408 e. The first-order chi connectivity index (χ1) is 6.83. The molecule has 2 N–H and O–H groups in total. The van der Waals surface area contributed by atoms with Crippen LogP contribution in [0, 0.1) is 0 Å². The summed E-state index contributed by atoms with van der Waals surface area (Å²) in [5, 5.41) is 3.36. The average Bonchev–Trinajstić information content (AvgIpc) is 2.42. The molecule has 92 valence electrons. The van der Waals surface area contributed by atoms with Crippen LogP contribution < -0.4 is 5.73 Å². The second-order valence-corrected chi connectivity index (χ2v) is 2.74. The molecule has 5 nitrogen and oxygen atoms in total. The Balaban J connectivity index is 0.00000225. The van der Waals surface area contributed by atoms with Gasteiger partial charge in [0.15, 0.2) is 5.69 Å². The van der Waals surface area contributed by atoms with Crippen LogP contribution >= 0.6 is 12.4 Å². The van der Waals surface area contributed by atoms with Crippen molar-refractivity contribution in [1.29, 1.82) is 0 Å². The zero-order valence-electron chi connectivity index (χ0n) is 8.11. The molecule has 0 atom stereocenters. The van der Waals surface area contributed by atoms with Gasteiger partial charge in [-0.1, -0.05) is 0 Å². The molecule has 0 unspecified atom stereocenters. The maximum atomic E-state index is 11.9. The number of carbonyl (C=O) groups is 1. The minimum absolute atomic E-state index is 0. The fraction of sp³-hybridized carbons (Fsp3) is 0.429. The number of nitrogens with two attached hydrogens (primary N) is 1. The van der Waals surface area contributed by atoms with Gasteiger partial charge in [0.25, 0.3) is 0 Å². The van der Waals surface area contributed by atoms with Crippen molar-refractivity contribution in [1.82, 2.24) is 9.78 Å². The molecule has 0 aliphatic rings. The number of esters is 1. The van der Waals surface area contributed by atoms with Crippen LogP contribution in [0.15, 0.2) is 6.20 Å². The monoisotopic (exact) mass is 259 g/mol. The van der Waals surface area contributed by atoms with E-state index >= 15 is 0 Å². The molecule has 0 aliphatic heterocycles. The Kier molecular flexibility index (Phi) is 4.61. The Bertz CT molecular complexity index is 377. The van der Waals surface area contributed by atoms with E-state index in [9.17, 15) is 18.0 Å². The van der Waals surface area contributed by atoms with E-state index in [-0.39, 0.29) is 23.8 Å². The Hall–Kier alpha value is -1.44. The van der Waals surface area contributed by atoms with Gasteiger partial charge in [0.05, 0.1) is 12.8 Å². The van der Waals surface area contributed by atoms with Crippen molar-refractivity contribution in [3.8, 4) is 0 Å². The number of halogens is 4. The molecule has 16 heavy (non-hydrogen) atoms. The van der Waals surface area contributed by atoms with Crippen molar-refractivity contribution in [3.63, 3.8) is 0 Å². The Labute approximate surface area is 94.8 Å². The first-order valence-electron chi connectivity index (χ1n) is 3.81. The summed E-state index contributed by atoms with van der Waals surface area (Å²) in [6.07, 6.45) is -3.48. The van der Waals surface area contributed by atoms with Crippen LogP contribution in [0.25, 0.3) is 0 Å². The fourth-order valence-electron chi connectivity index (χ4n) is 0.957. The predicted molar refractivity (Wildman–Crippen MR) is 51.3 cm³/mol. The molecule has 0 spiro atoms. The summed E-state index contributed by atoms with van der Waals surface area (Å²) in [5.41, 5.74) is 4.82. The van der Waals surface area contributed by atoms with Crippen LogP contribution in [0.4, 0.5) is 18.9 Å².